The van der Waals surface area contributed by atoms with Crippen LogP contribution in [0, 0.1) is 7.14 Å². The van der Waals surface area contributed by atoms with Gasteiger partial charge in [0.25, 0.3) is 0 Å². The number of esters is 1. The van der Waals surface area contributed by atoms with E-state index in [-0.39, 0.29) is 3.57 Å². The minimum Gasteiger partial charge on any atom is -0.871 e. The largest absolute Gasteiger partial charge is 0.871 e. The molecule has 138 valence electrons. The molecule has 0 saturated carbocycles. The van der Waals surface area contributed by atoms with Crippen molar-refractivity contribution < 1.29 is 42.4 Å². The zero-order chi connectivity index (χ0) is 19.6. The lowest BCUT2D eigenvalue weighted by Crippen LogP contribution is -2.19. The third-order valence-corrected chi connectivity index (χ3v) is 4.27. The summed E-state index contributed by atoms with van der Waals surface area (Å²) in [5.74, 6) is -5.04. The van der Waals surface area contributed by atoms with Crippen LogP contribution in [-0.2, 0) is 0 Å². The maximum Gasteiger partial charge on any atom is 0.573 e. The summed E-state index contributed by atoms with van der Waals surface area (Å²) >= 11 is 3.55. The van der Waals surface area contributed by atoms with Crippen LogP contribution in [0.4, 0.5) is 13.2 Å². The standard InChI is InChI=1S/C15H7F3I2O6/c16-15(17,18)26-10-2-1-6(13(22)23)3-11(10)25-14(24)8-4-7(19)5-9(20)12(8)21/h1-5,21H,(H,22,23)/p-1. The molecule has 2 aromatic rings. The second-order valence-electron chi connectivity index (χ2n) is 4.67. The average molecular weight is 593 g/mol. The molecule has 2 rings (SSSR count). The molecule has 0 atom stereocenters. The molecule has 0 spiro atoms. The van der Waals surface area contributed by atoms with Gasteiger partial charge in [-0.05, 0) is 75.5 Å². The lowest BCUT2D eigenvalue weighted by Gasteiger charge is -2.17. The SMILES string of the molecule is O=C(O)c1ccc(OC(F)(F)F)c(OC(=O)c2cc(I)cc(I)c2[O-])c1. The second-order valence-corrected chi connectivity index (χ2v) is 7.08. The molecule has 2 aromatic carbocycles. The number of carbonyl (C=O) groups is 2. The van der Waals surface area contributed by atoms with Crippen molar-refractivity contribution >= 4 is 57.1 Å². The van der Waals surface area contributed by atoms with Crippen molar-refractivity contribution in [1.29, 1.82) is 0 Å². The molecule has 0 aliphatic heterocycles. The van der Waals surface area contributed by atoms with Gasteiger partial charge in [0.05, 0.1) is 11.1 Å². The second kappa shape index (κ2) is 7.85. The van der Waals surface area contributed by atoms with Gasteiger partial charge in [-0.3, -0.25) is 0 Å². The van der Waals surface area contributed by atoms with E-state index in [1.807, 2.05) is 22.6 Å². The Morgan fingerprint density at radius 1 is 1.08 bits per heavy atom. The quantitative estimate of drug-likeness (QED) is 0.330. The highest BCUT2D eigenvalue weighted by Crippen LogP contribution is 2.34. The Labute approximate surface area is 171 Å². The zero-order valence-corrected chi connectivity index (χ0v) is 16.6. The molecule has 6 nitrogen and oxygen atoms in total. The van der Waals surface area contributed by atoms with E-state index >= 15 is 0 Å². The number of alkyl halides is 3. The Kier molecular flexibility index (Phi) is 6.21. The van der Waals surface area contributed by atoms with Crippen molar-refractivity contribution in [2.75, 3.05) is 0 Å². The van der Waals surface area contributed by atoms with Gasteiger partial charge in [-0.25, -0.2) is 9.59 Å². The van der Waals surface area contributed by atoms with E-state index in [1.54, 1.807) is 22.6 Å². The highest BCUT2D eigenvalue weighted by Gasteiger charge is 2.33. The van der Waals surface area contributed by atoms with Gasteiger partial charge in [0.15, 0.2) is 11.5 Å². The van der Waals surface area contributed by atoms with Crippen LogP contribution in [0.25, 0.3) is 0 Å². The predicted octanol–water partition coefficient (Wildman–Crippen LogP) is 3.79. The van der Waals surface area contributed by atoms with E-state index < -0.39 is 46.7 Å². The Bertz CT molecular complexity index is 882. The summed E-state index contributed by atoms with van der Waals surface area (Å²) in [4.78, 5) is 23.2. The number of hydrogen-bond acceptors (Lipinski definition) is 5. The number of ether oxygens (including phenoxy) is 2. The molecule has 0 aliphatic rings. The van der Waals surface area contributed by atoms with E-state index in [0.717, 1.165) is 6.07 Å². The van der Waals surface area contributed by atoms with Crippen molar-refractivity contribution in [3.8, 4) is 17.2 Å². The number of benzene rings is 2. The summed E-state index contributed by atoms with van der Waals surface area (Å²) in [6, 6.07) is 4.97. The van der Waals surface area contributed by atoms with Gasteiger partial charge in [0.1, 0.15) is 0 Å². The van der Waals surface area contributed by atoms with Gasteiger partial charge in [-0.1, -0.05) is 5.75 Å². The van der Waals surface area contributed by atoms with Crippen molar-refractivity contribution in [1.82, 2.24) is 0 Å². The number of carboxylic acids is 1. The van der Waals surface area contributed by atoms with Crippen LogP contribution in [0.5, 0.6) is 17.2 Å². The number of halogens is 5. The summed E-state index contributed by atoms with van der Waals surface area (Å²) in [6.45, 7) is 0. The van der Waals surface area contributed by atoms with Crippen molar-refractivity contribution in [2.45, 2.75) is 6.36 Å². The molecule has 0 aromatic heterocycles. The normalized spacial score (nSPS) is 11.1. The van der Waals surface area contributed by atoms with Crippen molar-refractivity contribution in [2.24, 2.45) is 0 Å². The lowest BCUT2D eigenvalue weighted by atomic mass is 10.2. The van der Waals surface area contributed by atoms with Gasteiger partial charge < -0.3 is 19.7 Å². The first kappa shape index (κ1) is 20.5. The van der Waals surface area contributed by atoms with E-state index in [0.29, 0.717) is 15.7 Å². The first-order chi connectivity index (χ1) is 12.0. The van der Waals surface area contributed by atoms with Crippen molar-refractivity contribution in [3.63, 3.8) is 0 Å². The molecule has 0 unspecified atom stereocenters. The molecular formula is C15H6F3I2O6-. The molecule has 0 aliphatic carbocycles. The van der Waals surface area contributed by atoms with Crippen LogP contribution in [0.3, 0.4) is 0 Å². The maximum atomic E-state index is 12.5. The number of carboxylic acid groups (broad SMARTS) is 1. The smallest absolute Gasteiger partial charge is 0.573 e. The number of aromatic carboxylic acids is 1. The molecule has 26 heavy (non-hydrogen) atoms. The summed E-state index contributed by atoms with van der Waals surface area (Å²) < 4.78 is 46.7. The van der Waals surface area contributed by atoms with E-state index in [4.69, 9.17) is 9.84 Å². The molecule has 0 fully saturated rings. The summed E-state index contributed by atoms with van der Waals surface area (Å²) in [5, 5.41) is 21.0. The van der Waals surface area contributed by atoms with E-state index in [9.17, 15) is 27.9 Å². The molecule has 0 saturated heterocycles. The summed E-state index contributed by atoms with van der Waals surface area (Å²) in [5.41, 5.74) is -0.832. The molecule has 0 amide bonds. The number of hydrogen-bond donors (Lipinski definition) is 1. The highest BCUT2D eigenvalue weighted by molar-refractivity contribution is 14.1. The minimum absolute atomic E-state index is 0.215. The van der Waals surface area contributed by atoms with Crippen LogP contribution >= 0.6 is 45.2 Å². The van der Waals surface area contributed by atoms with Gasteiger partial charge in [-0.2, -0.15) is 0 Å². The zero-order valence-electron chi connectivity index (χ0n) is 12.3. The fourth-order valence-corrected chi connectivity index (χ4v) is 3.64. The third-order valence-electron chi connectivity index (χ3n) is 2.85. The van der Waals surface area contributed by atoms with Gasteiger partial charge in [-0.15, -0.1) is 13.2 Å². The van der Waals surface area contributed by atoms with Crippen molar-refractivity contribution in [3.05, 3.63) is 48.6 Å². The molecular weight excluding hydrogens is 587 g/mol. The Hall–Kier alpha value is -1.77. The van der Waals surface area contributed by atoms with Gasteiger partial charge >= 0.3 is 18.3 Å². The fraction of sp³-hybridized carbons (Fsp3) is 0.0667. The Morgan fingerprint density at radius 3 is 2.31 bits per heavy atom. The predicted molar refractivity (Wildman–Crippen MR) is 96.4 cm³/mol. The average Bonchev–Trinajstić information content (AvgIpc) is 2.50. The van der Waals surface area contributed by atoms with Gasteiger partial charge in [0.2, 0.25) is 0 Å². The first-order valence-corrected chi connectivity index (χ1v) is 8.65. The molecule has 1 N–H and O–H groups in total. The third kappa shape index (κ3) is 5.12. The van der Waals surface area contributed by atoms with Crippen LogP contribution in [0.15, 0.2) is 30.3 Å². The van der Waals surface area contributed by atoms with Crippen LogP contribution in [-0.4, -0.2) is 23.4 Å². The molecule has 0 heterocycles. The van der Waals surface area contributed by atoms with E-state index in [1.165, 1.54) is 12.1 Å². The molecule has 0 radical (unpaired) electrons. The van der Waals surface area contributed by atoms with E-state index in [2.05, 4.69) is 4.74 Å². The Morgan fingerprint density at radius 2 is 1.73 bits per heavy atom. The maximum absolute atomic E-state index is 12.5. The molecule has 0 bridgehead atoms. The van der Waals surface area contributed by atoms with Crippen LogP contribution < -0.4 is 14.6 Å². The van der Waals surface area contributed by atoms with Crippen LogP contribution in [0.1, 0.15) is 20.7 Å². The number of carbonyl (C=O) groups excluding carboxylic acids is 1. The lowest BCUT2D eigenvalue weighted by molar-refractivity contribution is -0.275. The molecule has 11 heteroatoms. The number of rotatable bonds is 4. The highest BCUT2D eigenvalue weighted by atomic mass is 127. The van der Waals surface area contributed by atoms with Gasteiger partial charge in [0, 0.05) is 7.14 Å². The topological polar surface area (TPSA) is 95.9 Å². The summed E-state index contributed by atoms with van der Waals surface area (Å²) in [6.07, 6.45) is -5.09. The fourth-order valence-electron chi connectivity index (χ4n) is 1.80. The Balaban J connectivity index is 2.45. The first-order valence-electron chi connectivity index (χ1n) is 6.49. The monoisotopic (exact) mass is 593 g/mol. The van der Waals surface area contributed by atoms with Crippen LogP contribution in [0.2, 0.25) is 0 Å². The summed E-state index contributed by atoms with van der Waals surface area (Å²) in [7, 11) is 0. The minimum atomic E-state index is -5.09.